The molecule has 21 heavy (non-hydrogen) atoms. The topological polar surface area (TPSA) is 38.0 Å². The van der Waals surface area contributed by atoms with Crippen molar-refractivity contribution < 1.29 is 18.3 Å². The summed E-state index contributed by atoms with van der Waals surface area (Å²) in [6.45, 7) is 2.11. The van der Waals surface area contributed by atoms with Crippen LogP contribution in [0.1, 0.15) is 28.8 Å². The lowest BCUT2D eigenvalue weighted by Gasteiger charge is -2.05. The third-order valence-corrected chi connectivity index (χ3v) is 3.18. The van der Waals surface area contributed by atoms with Crippen molar-refractivity contribution in [2.24, 2.45) is 0 Å². The van der Waals surface area contributed by atoms with Crippen LogP contribution < -0.4 is 0 Å². The number of aliphatic hydroxyl groups is 1. The molecule has 2 aromatic rings. The van der Waals surface area contributed by atoms with Crippen LogP contribution in [0.5, 0.6) is 0 Å². The van der Waals surface area contributed by atoms with E-state index in [1.165, 1.54) is 10.9 Å². The summed E-state index contributed by atoms with van der Waals surface area (Å²) in [5.41, 5.74) is 1.26. The second-order valence-electron chi connectivity index (χ2n) is 5.01. The SMILES string of the molecule is Cc1ccc(Cn2cc(CCCO)c(C(F)(F)F)n2)cc1. The van der Waals surface area contributed by atoms with Gasteiger partial charge in [0.15, 0.2) is 5.69 Å². The first kappa shape index (κ1) is 15.6. The Morgan fingerprint density at radius 3 is 2.43 bits per heavy atom. The zero-order chi connectivity index (χ0) is 15.5. The third-order valence-electron chi connectivity index (χ3n) is 3.18. The predicted octanol–water partition coefficient (Wildman–Crippen LogP) is 3.18. The smallest absolute Gasteiger partial charge is 0.396 e. The van der Waals surface area contributed by atoms with Crippen LogP contribution in [0.25, 0.3) is 0 Å². The number of aromatic nitrogens is 2. The molecule has 0 spiro atoms. The van der Waals surface area contributed by atoms with Crippen molar-refractivity contribution in [1.82, 2.24) is 9.78 Å². The molecular formula is C15H17F3N2O. The molecule has 6 heteroatoms. The summed E-state index contributed by atoms with van der Waals surface area (Å²) in [6.07, 6.45) is -2.60. The molecule has 0 aliphatic carbocycles. The highest BCUT2D eigenvalue weighted by Gasteiger charge is 2.36. The van der Waals surface area contributed by atoms with Crippen LogP contribution >= 0.6 is 0 Å². The van der Waals surface area contributed by atoms with E-state index >= 15 is 0 Å². The predicted molar refractivity (Wildman–Crippen MR) is 72.9 cm³/mol. The number of halogens is 3. The van der Waals surface area contributed by atoms with E-state index in [9.17, 15) is 13.2 Å². The van der Waals surface area contributed by atoms with Crippen LogP contribution in [0.4, 0.5) is 13.2 Å². The van der Waals surface area contributed by atoms with Gasteiger partial charge in [-0.05, 0) is 25.3 Å². The number of hydrogen-bond donors (Lipinski definition) is 1. The quantitative estimate of drug-likeness (QED) is 0.920. The highest BCUT2D eigenvalue weighted by molar-refractivity contribution is 5.24. The van der Waals surface area contributed by atoms with Gasteiger partial charge in [0, 0.05) is 18.4 Å². The minimum atomic E-state index is -4.47. The molecule has 114 valence electrons. The maximum absolute atomic E-state index is 12.9. The second kappa shape index (κ2) is 6.30. The molecule has 0 fully saturated rings. The molecule has 0 aliphatic rings. The van der Waals surface area contributed by atoms with E-state index < -0.39 is 11.9 Å². The van der Waals surface area contributed by atoms with E-state index in [4.69, 9.17) is 5.11 Å². The molecule has 0 saturated heterocycles. The maximum Gasteiger partial charge on any atom is 0.435 e. The summed E-state index contributed by atoms with van der Waals surface area (Å²) in [4.78, 5) is 0. The summed E-state index contributed by atoms with van der Waals surface area (Å²) >= 11 is 0. The van der Waals surface area contributed by atoms with E-state index in [-0.39, 0.29) is 18.6 Å². The molecule has 3 nitrogen and oxygen atoms in total. The number of alkyl halides is 3. The average molecular weight is 298 g/mol. The first-order valence-corrected chi connectivity index (χ1v) is 6.70. The number of nitrogens with zero attached hydrogens (tertiary/aromatic N) is 2. The van der Waals surface area contributed by atoms with Gasteiger partial charge in [0.1, 0.15) is 0 Å². The molecule has 0 unspecified atom stereocenters. The van der Waals surface area contributed by atoms with Gasteiger partial charge in [-0.15, -0.1) is 0 Å². The van der Waals surface area contributed by atoms with E-state index in [0.717, 1.165) is 11.1 Å². The van der Waals surface area contributed by atoms with Gasteiger partial charge in [-0.1, -0.05) is 29.8 Å². The molecule has 0 radical (unpaired) electrons. The monoisotopic (exact) mass is 298 g/mol. The zero-order valence-electron chi connectivity index (χ0n) is 11.7. The third kappa shape index (κ3) is 4.07. The summed E-state index contributed by atoms with van der Waals surface area (Å²) in [5, 5.41) is 12.4. The van der Waals surface area contributed by atoms with Crippen molar-refractivity contribution >= 4 is 0 Å². The van der Waals surface area contributed by atoms with Gasteiger partial charge >= 0.3 is 6.18 Å². The van der Waals surface area contributed by atoms with E-state index in [1.807, 2.05) is 31.2 Å². The van der Waals surface area contributed by atoms with Gasteiger partial charge < -0.3 is 5.11 Å². The van der Waals surface area contributed by atoms with E-state index in [2.05, 4.69) is 5.10 Å². The standard InChI is InChI=1S/C15H17F3N2O/c1-11-4-6-12(7-5-11)9-20-10-13(3-2-8-21)14(19-20)15(16,17)18/h4-7,10,21H,2-3,8-9H2,1H3. The fourth-order valence-electron chi connectivity index (χ4n) is 2.12. The zero-order valence-corrected chi connectivity index (χ0v) is 11.7. The number of aliphatic hydroxyl groups excluding tert-OH is 1. The van der Waals surface area contributed by atoms with Crippen molar-refractivity contribution in [3.05, 3.63) is 52.8 Å². The molecule has 1 aromatic carbocycles. The van der Waals surface area contributed by atoms with Crippen molar-refractivity contribution in [3.63, 3.8) is 0 Å². The van der Waals surface area contributed by atoms with Crippen LogP contribution in [0.15, 0.2) is 30.5 Å². The number of hydrogen-bond acceptors (Lipinski definition) is 2. The molecule has 1 N–H and O–H groups in total. The fraction of sp³-hybridized carbons (Fsp3) is 0.400. The van der Waals surface area contributed by atoms with Crippen molar-refractivity contribution in [2.75, 3.05) is 6.61 Å². The van der Waals surface area contributed by atoms with Gasteiger partial charge in [-0.3, -0.25) is 4.68 Å². The van der Waals surface area contributed by atoms with Crippen LogP contribution in [0.2, 0.25) is 0 Å². The van der Waals surface area contributed by atoms with Crippen LogP contribution in [-0.4, -0.2) is 21.5 Å². The molecule has 2 rings (SSSR count). The first-order valence-electron chi connectivity index (χ1n) is 6.70. The lowest BCUT2D eigenvalue weighted by Crippen LogP contribution is -2.10. The number of benzene rings is 1. The maximum atomic E-state index is 12.9. The Morgan fingerprint density at radius 2 is 1.86 bits per heavy atom. The summed E-state index contributed by atoms with van der Waals surface area (Å²) in [5.74, 6) is 0. The molecule has 0 aliphatic heterocycles. The summed E-state index contributed by atoms with van der Waals surface area (Å²) < 4.78 is 40.1. The van der Waals surface area contributed by atoms with Crippen molar-refractivity contribution in [1.29, 1.82) is 0 Å². The minimum absolute atomic E-state index is 0.128. The number of rotatable bonds is 5. The fourth-order valence-corrected chi connectivity index (χ4v) is 2.12. The van der Waals surface area contributed by atoms with Gasteiger partial charge in [-0.25, -0.2) is 0 Å². The molecule has 0 atom stereocenters. The van der Waals surface area contributed by atoms with Gasteiger partial charge in [0.25, 0.3) is 0 Å². The molecule has 1 heterocycles. The Kier molecular flexibility index (Phi) is 4.67. The normalized spacial score (nSPS) is 11.9. The molecule has 1 aromatic heterocycles. The van der Waals surface area contributed by atoms with Crippen LogP contribution in [-0.2, 0) is 19.1 Å². The second-order valence-corrected chi connectivity index (χ2v) is 5.01. The van der Waals surface area contributed by atoms with E-state index in [0.29, 0.717) is 13.0 Å². The van der Waals surface area contributed by atoms with Crippen molar-refractivity contribution in [2.45, 2.75) is 32.5 Å². The van der Waals surface area contributed by atoms with E-state index in [1.54, 1.807) is 0 Å². The van der Waals surface area contributed by atoms with Gasteiger partial charge in [-0.2, -0.15) is 18.3 Å². The Hall–Kier alpha value is -1.82. The van der Waals surface area contributed by atoms with Crippen molar-refractivity contribution in [3.8, 4) is 0 Å². The Labute approximate surface area is 121 Å². The highest BCUT2D eigenvalue weighted by atomic mass is 19.4. The minimum Gasteiger partial charge on any atom is -0.396 e. The average Bonchev–Trinajstić information content (AvgIpc) is 2.82. The lowest BCUT2D eigenvalue weighted by atomic mass is 10.1. The molecule has 0 saturated carbocycles. The van der Waals surface area contributed by atoms with Crippen LogP contribution in [0, 0.1) is 6.92 Å². The summed E-state index contributed by atoms with van der Waals surface area (Å²) in [6, 6.07) is 7.57. The summed E-state index contributed by atoms with van der Waals surface area (Å²) in [7, 11) is 0. The number of aryl methyl sites for hydroxylation is 2. The van der Waals surface area contributed by atoms with Gasteiger partial charge in [0.2, 0.25) is 0 Å². The highest BCUT2D eigenvalue weighted by Crippen LogP contribution is 2.31. The Bertz CT molecular complexity index is 588. The molecular weight excluding hydrogens is 281 g/mol. The largest absolute Gasteiger partial charge is 0.435 e. The molecule has 0 amide bonds. The Morgan fingerprint density at radius 1 is 1.19 bits per heavy atom. The Balaban J connectivity index is 2.23. The van der Waals surface area contributed by atoms with Crippen LogP contribution in [0.3, 0.4) is 0 Å². The first-order chi connectivity index (χ1) is 9.90. The molecule has 0 bridgehead atoms. The lowest BCUT2D eigenvalue weighted by molar-refractivity contribution is -0.142. The van der Waals surface area contributed by atoms with Gasteiger partial charge in [0.05, 0.1) is 6.54 Å².